The van der Waals surface area contributed by atoms with Crippen molar-refractivity contribution in [3.05, 3.63) is 34.7 Å². The summed E-state index contributed by atoms with van der Waals surface area (Å²) in [6.45, 7) is 3.68. The molecular formula is C14H12N4O4S2. The Hall–Kier alpha value is -2.59. The normalized spacial score (nSPS) is 10.6. The molecule has 0 fully saturated rings. The Morgan fingerprint density at radius 2 is 2.21 bits per heavy atom. The molecule has 0 saturated heterocycles. The van der Waals surface area contributed by atoms with Crippen molar-refractivity contribution in [1.82, 2.24) is 14.6 Å². The van der Waals surface area contributed by atoms with Gasteiger partial charge in [0.05, 0.1) is 12.9 Å². The van der Waals surface area contributed by atoms with E-state index in [1.807, 2.05) is 0 Å². The third kappa shape index (κ3) is 3.19. The average Bonchev–Trinajstić information content (AvgIpc) is 3.26. The molecule has 0 radical (unpaired) electrons. The summed E-state index contributed by atoms with van der Waals surface area (Å²) in [4.78, 5) is 29.3. The number of nitrogens with zero attached hydrogens (tertiary/aromatic N) is 3. The highest BCUT2D eigenvalue weighted by Crippen LogP contribution is 2.29. The van der Waals surface area contributed by atoms with E-state index in [1.165, 1.54) is 11.3 Å². The standard InChI is InChI=1S/C14H12N4O4S2/c1-3-21-14(20)10-13(24-18-17-10)16-11(19)9-7(2)23-12(15-9)8-5-4-6-22-8/h4-6H,3H2,1-2H3,(H,16,19). The maximum absolute atomic E-state index is 12.4. The Labute approximate surface area is 144 Å². The zero-order chi connectivity index (χ0) is 17.1. The zero-order valence-electron chi connectivity index (χ0n) is 12.7. The molecule has 3 rings (SSSR count). The van der Waals surface area contributed by atoms with Gasteiger partial charge in [-0.15, -0.1) is 16.4 Å². The van der Waals surface area contributed by atoms with E-state index in [9.17, 15) is 9.59 Å². The molecule has 3 heterocycles. The molecular weight excluding hydrogens is 352 g/mol. The van der Waals surface area contributed by atoms with Gasteiger partial charge in [0.25, 0.3) is 5.91 Å². The number of furan rings is 1. The smallest absolute Gasteiger partial charge is 0.362 e. The van der Waals surface area contributed by atoms with E-state index in [0.717, 1.165) is 16.4 Å². The molecule has 0 unspecified atom stereocenters. The van der Waals surface area contributed by atoms with Gasteiger partial charge in [-0.25, -0.2) is 9.78 Å². The van der Waals surface area contributed by atoms with E-state index in [2.05, 4.69) is 19.9 Å². The summed E-state index contributed by atoms with van der Waals surface area (Å²) in [7, 11) is 0. The molecule has 3 aromatic heterocycles. The Bertz CT molecular complexity index is 869. The van der Waals surface area contributed by atoms with Crippen molar-refractivity contribution in [1.29, 1.82) is 0 Å². The van der Waals surface area contributed by atoms with Crippen LogP contribution in [-0.2, 0) is 4.74 Å². The second kappa shape index (κ2) is 6.89. The highest BCUT2D eigenvalue weighted by atomic mass is 32.1. The summed E-state index contributed by atoms with van der Waals surface area (Å²) >= 11 is 2.25. The van der Waals surface area contributed by atoms with Crippen molar-refractivity contribution in [2.75, 3.05) is 11.9 Å². The lowest BCUT2D eigenvalue weighted by Gasteiger charge is -2.03. The topological polar surface area (TPSA) is 107 Å². The van der Waals surface area contributed by atoms with Crippen LogP contribution in [-0.4, -0.2) is 33.1 Å². The molecule has 0 atom stereocenters. The summed E-state index contributed by atoms with van der Waals surface area (Å²) in [5, 5.41) is 7.14. The SMILES string of the molecule is CCOC(=O)c1nnsc1NC(=O)c1nc(-c2ccco2)sc1C. The average molecular weight is 364 g/mol. The Kier molecular flexibility index (Phi) is 4.67. The van der Waals surface area contributed by atoms with Gasteiger partial charge in [0.15, 0.2) is 15.8 Å². The van der Waals surface area contributed by atoms with Gasteiger partial charge in [-0.1, -0.05) is 4.49 Å². The van der Waals surface area contributed by atoms with Gasteiger partial charge in [-0.2, -0.15) is 0 Å². The number of amides is 1. The number of esters is 1. The van der Waals surface area contributed by atoms with Crippen LogP contribution in [0, 0.1) is 6.92 Å². The lowest BCUT2D eigenvalue weighted by molar-refractivity contribution is 0.0520. The second-order valence-electron chi connectivity index (χ2n) is 4.53. The number of thiazole rings is 1. The molecule has 3 aromatic rings. The number of aryl methyl sites for hydroxylation is 1. The quantitative estimate of drug-likeness (QED) is 0.693. The van der Waals surface area contributed by atoms with Crippen LogP contribution in [0.1, 0.15) is 32.8 Å². The van der Waals surface area contributed by atoms with Crippen molar-refractivity contribution in [2.24, 2.45) is 0 Å². The van der Waals surface area contributed by atoms with E-state index >= 15 is 0 Å². The first-order chi connectivity index (χ1) is 11.6. The minimum absolute atomic E-state index is 0.0191. The number of carbonyl (C=O) groups excluding carboxylic acids is 2. The molecule has 1 N–H and O–H groups in total. The van der Waals surface area contributed by atoms with Crippen molar-refractivity contribution >= 4 is 39.7 Å². The summed E-state index contributed by atoms with van der Waals surface area (Å²) in [5.74, 6) is -0.486. The van der Waals surface area contributed by atoms with Crippen molar-refractivity contribution < 1.29 is 18.7 Å². The van der Waals surface area contributed by atoms with Crippen LogP contribution in [0.15, 0.2) is 22.8 Å². The Morgan fingerprint density at radius 3 is 2.92 bits per heavy atom. The van der Waals surface area contributed by atoms with E-state index in [1.54, 1.807) is 32.2 Å². The van der Waals surface area contributed by atoms with Crippen LogP contribution in [0.3, 0.4) is 0 Å². The maximum Gasteiger partial charge on any atom is 0.362 e. The molecule has 0 aliphatic heterocycles. The summed E-state index contributed by atoms with van der Waals surface area (Å²) in [6, 6.07) is 3.52. The van der Waals surface area contributed by atoms with Crippen molar-refractivity contribution in [2.45, 2.75) is 13.8 Å². The number of nitrogens with one attached hydrogen (secondary N) is 1. The lowest BCUT2D eigenvalue weighted by Crippen LogP contribution is -2.16. The highest BCUT2D eigenvalue weighted by molar-refractivity contribution is 7.15. The van der Waals surface area contributed by atoms with Crippen LogP contribution < -0.4 is 5.32 Å². The number of rotatable bonds is 5. The number of ether oxygens (including phenoxy) is 1. The van der Waals surface area contributed by atoms with Crippen LogP contribution in [0.25, 0.3) is 10.8 Å². The van der Waals surface area contributed by atoms with Gasteiger partial charge in [-0.05, 0) is 26.0 Å². The molecule has 0 aliphatic carbocycles. The highest BCUT2D eigenvalue weighted by Gasteiger charge is 2.23. The molecule has 8 nitrogen and oxygen atoms in total. The molecule has 10 heteroatoms. The van der Waals surface area contributed by atoms with E-state index in [0.29, 0.717) is 10.8 Å². The molecule has 0 spiro atoms. The second-order valence-corrected chi connectivity index (χ2v) is 6.48. The lowest BCUT2D eigenvalue weighted by atomic mass is 10.3. The van der Waals surface area contributed by atoms with Crippen LogP contribution in [0.5, 0.6) is 0 Å². The number of hydrogen-bond donors (Lipinski definition) is 1. The first-order valence-corrected chi connectivity index (χ1v) is 8.51. The summed E-state index contributed by atoms with van der Waals surface area (Å²) < 4.78 is 13.9. The minimum Gasteiger partial charge on any atom is -0.462 e. The predicted molar refractivity (Wildman–Crippen MR) is 88.4 cm³/mol. The molecule has 0 aromatic carbocycles. The van der Waals surface area contributed by atoms with Crippen LogP contribution >= 0.6 is 22.9 Å². The number of aromatic nitrogens is 3. The van der Waals surface area contributed by atoms with E-state index < -0.39 is 11.9 Å². The fourth-order valence-corrected chi connectivity index (χ4v) is 3.31. The summed E-state index contributed by atoms with van der Waals surface area (Å²) in [6.07, 6.45) is 1.54. The Morgan fingerprint density at radius 1 is 1.38 bits per heavy atom. The minimum atomic E-state index is -0.632. The Balaban J connectivity index is 1.81. The zero-order valence-corrected chi connectivity index (χ0v) is 14.4. The van der Waals surface area contributed by atoms with Gasteiger partial charge in [0.2, 0.25) is 5.69 Å². The monoisotopic (exact) mass is 364 g/mol. The maximum atomic E-state index is 12.4. The van der Waals surface area contributed by atoms with Gasteiger partial charge < -0.3 is 14.5 Å². The first-order valence-electron chi connectivity index (χ1n) is 6.92. The molecule has 124 valence electrons. The summed E-state index contributed by atoms with van der Waals surface area (Å²) in [5.41, 5.74) is 0.240. The van der Waals surface area contributed by atoms with Crippen molar-refractivity contribution in [3.8, 4) is 10.8 Å². The van der Waals surface area contributed by atoms with Crippen molar-refractivity contribution in [3.63, 3.8) is 0 Å². The fourth-order valence-electron chi connectivity index (χ4n) is 1.88. The van der Waals surface area contributed by atoms with Crippen LogP contribution in [0.2, 0.25) is 0 Å². The molecule has 0 aliphatic rings. The van der Waals surface area contributed by atoms with Crippen LogP contribution in [0.4, 0.5) is 5.00 Å². The van der Waals surface area contributed by atoms with Gasteiger partial charge >= 0.3 is 5.97 Å². The first kappa shape index (κ1) is 16.3. The molecule has 1 amide bonds. The van der Waals surface area contributed by atoms with Gasteiger partial charge in [-0.3, -0.25) is 4.79 Å². The van der Waals surface area contributed by atoms with Gasteiger partial charge in [0, 0.05) is 16.4 Å². The van der Waals surface area contributed by atoms with Gasteiger partial charge in [0.1, 0.15) is 5.69 Å². The molecule has 24 heavy (non-hydrogen) atoms. The third-order valence-corrected chi connectivity index (χ3v) is 4.55. The molecule has 0 saturated carbocycles. The van der Waals surface area contributed by atoms with E-state index in [-0.39, 0.29) is 23.0 Å². The third-order valence-electron chi connectivity index (χ3n) is 2.93. The predicted octanol–water partition coefficient (Wildman–Crippen LogP) is 2.99. The number of anilines is 1. The van der Waals surface area contributed by atoms with E-state index in [4.69, 9.17) is 9.15 Å². The fraction of sp³-hybridized carbons (Fsp3) is 0.214. The number of hydrogen-bond acceptors (Lipinski definition) is 9. The number of carbonyl (C=O) groups is 2. The largest absolute Gasteiger partial charge is 0.462 e. The molecule has 0 bridgehead atoms.